The Morgan fingerprint density at radius 1 is 1.29 bits per heavy atom. The van der Waals surface area contributed by atoms with Crippen LogP contribution in [0.5, 0.6) is 0 Å². The Labute approximate surface area is 125 Å². The number of amides is 2. The largest absolute Gasteiger partial charge is 0.481 e. The molecule has 2 rings (SSSR count). The minimum Gasteiger partial charge on any atom is -0.481 e. The zero-order valence-electron chi connectivity index (χ0n) is 12.7. The summed E-state index contributed by atoms with van der Waals surface area (Å²) in [5.41, 5.74) is 0. The normalized spacial score (nSPS) is 29.4. The molecule has 1 heterocycles. The zero-order chi connectivity index (χ0) is 15.2. The Kier molecular flexibility index (Phi) is 5.85. The number of piperidine rings is 1. The molecule has 21 heavy (non-hydrogen) atoms. The number of carboxylic acids is 1. The molecule has 2 fully saturated rings. The number of likely N-dealkylation sites (tertiary alicyclic amines) is 1. The van der Waals surface area contributed by atoms with Crippen molar-refractivity contribution in [2.24, 2.45) is 5.92 Å². The van der Waals surface area contributed by atoms with Crippen molar-refractivity contribution in [3.63, 3.8) is 0 Å². The maximum Gasteiger partial charge on any atom is 0.317 e. The van der Waals surface area contributed by atoms with Gasteiger partial charge < -0.3 is 20.1 Å². The van der Waals surface area contributed by atoms with Crippen molar-refractivity contribution in [1.82, 2.24) is 10.2 Å². The average Bonchev–Trinajstić information content (AvgIpc) is 2.92. The van der Waals surface area contributed by atoms with Gasteiger partial charge in [0.05, 0.1) is 12.1 Å². The summed E-state index contributed by atoms with van der Waals surface area (Å²) in [5, 5.41) is 11.8. The van der Waals surface area contributed by atoms with Crippen molar-refractivity contribution in [3.05, 3.63) is 0 Å². The van der Waals surface area contributed by atoms with Crippen molar-refractivity contribution >= 4 is 12.0 Å². The van der Waals surface area contributed by atoms with E-state index < -0.39 is 5.97 Å². The second-order valence-corrected chi connectivity index (χ2v) is 6.15. The molecule has 2 N–H and O–H groups in total. The van der Waals surface area contributed by atoms with E-state index in [1.54, 1.807) is 7.11 Å². The number of carboxylic acid groups (broad SMARTS) is 1. The van der Waals surface area contributed by atoms with E-state index in [-0.39, 0.29) is 24.6 Å². The lowest BCUT2D eigenvalue weighted by atomic mass is 9.93. The van der Waals surface area contributed by atoms with Gasteiger partial charge in [-0.25, -0.2) is 4.79 Å². The van der Waals surface area contributed by atoms with Crippen LogP contribution in [0.15, 0.2) is 0 Å². The van der Waals surface area contributed by atoms with Crippen LogP contribution in [0.4, 0.5) is 4.79 Å². The van der Waals surface area contributed by atoms with Gasteiger partial charge in [0.2, 0.25) is 0 Å². The first-order valence-corrected chi connectivity index (χ1v) is 7.90. The molecule has 0 bridgehead atoms. The van der Waals surface area contributed by atoms with Crippen LogP contribution in [0.2, 0.25) is 0 Å². The molecule has 1 aliphatic carbocycles. The molecule has 1 saturated carbocycles. The number of carbonyl (C=O) groups is 2. The number of nitrogens with one attached hydrogen (secondary N) is 1. The number of hydrogen-bond donors (Lipinski definition) is 2. The van der Waals surface area contributed by atoms with Gasteiger partial charge in [-0.1, -0.05) is 0 Å². The van der Waals surface area contributed by atoms with E-state index in [2.05, 4.69) is 5.32 Å². The number of methoxy groups -OCH3 is 1. The highest BCUT2D eigenvalue weighted by Crippen LogP contribution is 2.24. The van der Waals surface area contributed by atoms with Crippen LogP contribution in [-0.4, -0.2) is 54.4 Å². The fraction of sp³-hybridized carbons (Fsp3) is 0.867. The van der Waals surface area contributed by atoms with Crippen molar-refractivity contribution in [1.29, 1.82) is 0 Å². The number of hydrogen-bond acceptors (Lipinski definition) is 3. The van der Waals surface area contributed by atoms with Gasteiger partial charge in [0.1, 0.15) is 0 Å². The third-order valence-corrected chi connectivity index (χ3v) is 4.64. The summed E-state index contributed by atoms with van der Waals surface area (Å²) in [7, 11) is 1.69. The fourth-order valence-electron chi connectivity index (χ4n) is 3.44. The summed E-state index contributed by atoms with van der Waals surface area (Å²) in [6, 6.07) is 0.0888. The van der Waals surface area contributed by atoms with Crippen LogP contribution in [0.1, 0.15) is 44.9 Å². The number of nitrogens with zero attached hydrogens (tertiary/aromatic N) is 1. The molecule has 3 atom stereocenters. The number of aliphatic carboxylic acids is 1. The maximum absolute atomic E-state index is 12.3. The standard InChI is InChI=1S/C15H26N2O4/c1-21-13-6-2-5-12(13)16-15(20)17-9-3-4-11(10-17)7-8-14(18)19/h11-13H,2-10H2,1H3,(H,16,20)(H,18,19). The van der Waals surface area contributed by atoms with Gasteiger partial charge in [0, 0.05) is 26.6 Å². The molecule has 0 spiro atoms. The second-order valence-electron chi connectivity index (χ2n) is 6.15. The van der Waals surface area contributed by atoms with Crippen LogP contribution in [0, 0.1) is 5.92 Å². The van der Waals surface area contributed by atoms with Crippen LogP contribution >= 0.6 is 0 Å². The van der Waals surface area contributed by atoms with E-state index in [9.17, 15) is 9.59 Å². The molecule has 2 amide bonds. The summed E-state index contributed by atoms with van der Waals surface area (Å²) in [6.07, 6.45) is 6.00. The Balaban J connectivity index is 1.80. The topological polar surface area (TPSA) is 78.9 Å². The monoisotopic (exact) mass is 298 g/mol. The number of carbonyl (C=O) groups excluding carboxylic acids is 1. The van der Waals surface area contributed by atoms with Gasteiger partial charge in [0.15, 0.2) is 0 Å². The molecule has 3 unspecified atom stereocenters. The molecule has 0 radical (unpaired) electrons. The summed E-state index contributed by atoms with van der Waals surface area (Å²) in [6.45, 7) is 1.43. The van der Waals surface area contributed by atoms with Crippen molar-refractivity contribution in [2.45, 2.75) is 57.1 Å². The average molecular weight is 298 g/mol. The van der Waals surface area contributed by atoms with E-state index in [1.165, 1.54) is 0 Å². The van der Waals surface area contributed by atoms with Crippen molar-refractivity contribution < 1.29 is 19.4 Å². The predicted octanol–water partition coefficient (Wildman–Crippen LogP) is 1.84. The van der Waals surface area contributed by atoms with E-state index in [0.29, 0.717) is 18.9 Å². The Morgan fingerprint density at radius 2 is 2.10 bits per heavy atom. The predicted molar refractivity (Wildman–Crippen MR) is 78.1 cm³/mol. The van der Waals surface area contributed by atoms with E-state index >= 15 is 0 Å². The van der Waals surface area contributed by atoms with E-state index in [1.807, 2.05) is 4.90 Å². The van der Waals surface area contributed by atoms with E-state index in [0.717, 1.165) is 38.6 Å². The molecular weight excluding hydrogens is 272 g/mol. The maximum atomic E-state index is 12.3. The molecule has 0 aromatic carbocycles. The van der Waals surface area contributed by atoms with Crippen molar-refractivity contribution in [3.8, 4) is 0 Å². The van der Waals surface area contributed by atoms with Gasteiger partial charge in [-0.2, -0.15) is 0 Å². The first-order valence-electron chi connectivity index (χ1n) is 7.90. The van der Waals surface area contributed by atoms with Crippen LogP contribution in [0.25, 0.3) is 0 Å². The molecule has 0 aromatic rings. The first-order chi connectivity index (χ1) is 10.1. The molecule has 6 nitrogen and oxygen atoms in total. The zero-order valence-corrected chi connectivity index (χ0v) is 12.7. The summed E-state index contributed by atoms with van der Waals surface area (Å²) < 4.78 is 5.40. The van der Waals surface area contributed by atoms with Crippen LogP contribution in [-0.2, 0) is 9.53 Å². The lowest BCUT2D eigenvalue weighted by molar-refractivity contribution is -0.137. The van der Waals surface area contributed by atoms with Gasteiger partial charge in [-0.15, -0.1) is 0 Å². The smallest absolute Gasteiger partial charge is 0.317 e. The third-order valence-electron chi connectivity index (χ3n) is 4.64. The molecule has 1 saturated heterocycles. The van der Waals surface area contributed by atoms with Crippen LogP contribution in [0.3, 0.4) is 0 Å². The highest BCUT2D eigenvalue weighted by atomic mass is 16.5. The number of ether oxygens (including phenoxy) is 1. The van der Waals surface area contributed by atoms with E-state index in [4.69, 9.17) is 9.84 Å². The number of urea groups is 1. The second kappa shape index (κ2) is 7.64. The summed E-state index contributed by atoms with van der Waals surface area (Å²) >= 11 is 0. The Bertz CT molecular complexity index is 375. The van der Waals surface area contributed by atoms with Gasteiger partial charge in [0.25, 0.3) is 0 Å². The molecule has 2 aliphatic rings. The van der Waals surface area contributed by atoms with Crippen molar-refractivity contribution in [2.75, 3.05) is 20.2 Å². The lowest BCUT2D eigenvalue weighted by Crippen LogP contribution is -2.50. The summed E-state index contributed by atoms with van der Waals surface area (Å²) in [5.74, 6) is -0.451. The van der Waals surface area contributed by atoms with Gasteiger partial charge in [-0.05, 0) is 44.4 Å². The highest BCUT2D eigenvalue weighted by Gasteiger charge is 2.31. The molecule has 1 aliphatic heterocycles. The van der Waals surface area contributed by atoms with Crippen LogP contribution < -0.4 is 5.32 Å². The third kappa shape index (κ3) is 4.59. The minimum atomic E-state index is -0.759. The SMILES string of the molecule is COC1CCCC1NC(=O)N1CCCC(CCC(=O)O)C1. The molecule has 0 aromatic heterocycles. The fourth-order valence-corrected chi connectivity index (χ4v) is 3.44. The highest BCUT2D eigenvalue weighted by molar-refractivity contribution is 5.74. The Hall–Kier alpha value is -1.30. The minimum absolute atomic E-state index is 0.0241. The molecular formula is C15H26N2O4. The lowest BCUT2D eigenvalue weighted by Gasteiger charge is -2.34. The first kappa shape index (κ1) is 16.1. The quantitative estimate of drug-likeness (QED) is 0.811. The summed E-state index contributed by atoms with van der Waals surface area (Å²) in [4.78, 5) is 24.8. The number of rotatable bonds is 5. The molecule has 120 valence electrons. The van der Waals surface area contributed by atoms with Gasteiger partial charge >= 0.3 is 12.0 Å². The van der Waals surface area contributed by atoms with Gasteiger partial charge in [-0.3, -0.25) is 4.79 Å². The Morgan fingerprint density at radius 3 is 2.81 bits per heavy atom. The molecule has 6 heteroatoms.